The number of hydrogen-bond acceptors (Lipinski definition) is 2. The maximum absolute atomic E-state index is 14.6. The second-order valence-corrected chi connectivity index (χ2v) is 9.59. The fourth-order valence-corrected chi connectivity index (χ4v) is 4.43. The van der Waals surface area contributed by atoms with Gasteiger partial charge in [0.05, 0.1) is 5.60 Å². The summed E-state index contributed by atoms with van der Waals surface area (Å²) in [4.78, 5) is 13.4. The van der Waals surface area contributed by atoms with E-state index >= 15 is 0 Å². The maximum Gasteiger partial charge on any atom is 0.194 e. The molecule has 4 rings (SSSR count). The second kappa shape index (κ2) is 6.78. The van der Waals surface area contributed by atoms with Crippen molar-refractivity contribution >= 4 is 23.0 Å². The number of ketones is 1. The summed E-state index contributed by atoms with van der Waals surface area (Å²) in [6, 6.07) is 10.7. The van der Waals surface area contributed by atoms with Crippen molar-refractivity contribution in [3.8, 4) is 11.1 Å². The molecule has 2 aromatic rings. The van der Waals surface area contributed by atoms with Crippen LogP contribution in [0.25, 0.3) is 16.7 Å². The van der Waals surface area contributed by atoms with Crippen molar-refractivity contribution in [2.45, 2.75) is 64.6 Å². The van der Waals surface area contributed by atoms with Gasteiger partial charge in [-0.1, -0.05) is 23.7 Å². The lowest BCUT2D eigenvalue weighted by Crippen LogP contribution is -2.49. The largest absolute Gasteiger partial charge is 0.357 e. The fourth-order valence-electron chi connectivity index (χ4n) is 4.27. The average Bonchev–Trinajstić information content (AvgIpc) is 3.45. The molecule has 152 valence electrons. The van der Waals surface area contributed by atoms with Crippen LogP contribution in [0, 0.1) is 5.82 Å². The van der Waals surface area contributed by atoms with E-state index in [1.807, 2.05) is 46.8 Å². The van der Waals surface area contributed by atoms with Gasteiger partial charge in [0.25, 0.3) is 0 Å². The first-order chi connectivity index (χ1) is 13.5. The third kappa shape index (κ3) is 3.55. The van der Waals surface area contributed by atoms with Gasteiger partial charge < -0.3 is 4.74 Å². The number of halogens is 2. The number of Topliss-reactive ketones (excluding diaryl/α,β-unsaturated/α-hetero) is 1. The van der Waals surface area contributed by atoms with E-state index in [0.717, 1.165) is 29.5 Å². The minimum Gasteiger partial charge on any atom is -0.357 e. The van der Waals surface area contributed by atoms with Gasteiger partial charge in [0, 0.05) is 16.2 Å². The van der Waals surface area contributed by atoms with E-state index < -0.39 is 11.2 Å². The number of carbonyl (C=O) groups excluding carboxylic acids is 1. The standard InChI is InChI=1S/C25H26ClFO2/c1-14-22(23(28)25(4,5)29-24(14,2)3)20-12-16(8-10-18(20)15-6-7-15)19-11-9-17(26)13-21(19)27/h8-13,15H,6-7H2,1-5H3. The van der Waals surface area contributed by atoms with E-state index in [-0.39, 0.29) is 11.6 Å². The number of benzene rings is 2. The molecule has 4 heteroatoms. The van der Waals surface area contributed by atoms with Crippen molar-refractivity contribution < 1.29 is 13.9 Å². The van der Waals surface area contributed by atoms with Gasteiger partial charge in [-0.05, 0) is 99.9 Å². The molecule has 0 amide bonds. The molecule has 2 nitrogen and oxygen atoms in total. The van der Waals surface area contributed by atoms with Crippen molar-refractivity contribution in [2.24, 2.45) is 0 Å². The molecule has 1 saturated carbocycles. The van der Waals surface area contributed by atoms with Crippen LogP contribution in [0.2, 0.25) is 5.02 Å². The first kappa shape index (κ1) is 20.3. The van der Waals surface area contributed by atoms with Gasteiger partial charge in [-0.3, -0.25) is 4.79 Å². The molecule has 0 radical (unpaired) electrons. The summed E-state index contributed by atoms with van der Waals surface area (Å²) < 4.78 is 20.7. The van der Waals surface area contributed by atoms with Gasteiger partial charge in [0.1, 0.15) is 11.4 Å². The topological polar surface area (TPSA) is 26.3 Å². The molecule has 1 aliphatic carbocycles. The first-order valence-electron chi connectivity index (χ1n) is 10.1. The Hall–Kier alpha value is -1.97. The van der Waals surface area contributed by atoms with Crippen LogP contribution in [0.15, 0.2) is 42.0 Å². The van der Waals surface area contributed by atoms with Gasteiger partial charge in [-0.25, -0.2) is 4.39 Å². The number of ether oxygens (including phenoxy) is 1. The Morgan fingerprint density at radius 1 is 1.00 bits per heavy atom. The van der Waals surface area contributed by atoms with E-state index in [1.165, 1.54) is 11.6 Å². The van der Waals surface area contributed by atoms with E-state index in [2.05, 4.69) is 6.07 Å². The lowest BCUT2D eigenvalue weighted by molar-refractivity contribution is -0.152. The zero-order valence-corrected chi connectivity index (χ0v) is 18.3. The fraction of sp³-hybridized carbons (Fsp3) is 0.400. The Labute approximate surface area is 176 Å². The molecule has 0 aromatic heterocycles. The zero-order valence-electron chi connectivity index (χ0n) is 17.5. The number of hydrogen-bond donors (Lipinski definition) is 0. The first-order valence-corrected chi connectivity index (χ1v) is 10.4. The summed E-state index contributed by atoms with van der Waals surface area (Å²) in [6.45, 7) is 9.60. The predicted octanol–water partition coefficient (Wildman–Crippen LogP) is 6.95. The summed E-state index contributed by atoms with van der Waals surface area (Å²) in [5.41, 5.74) is 3.45. The lowest BCUT2D eigenvalue weighted by Gasteiger charge is -2.42. The monoisotopic (exact) mass is 412 g/mol. The minimum absolute atomic E-state index is 0.0232. The molecule has 0 atom stereocenters. The van der Waals surface area contributed by atoms with Crippen molar-refractivity contribution in [1.82, 2.24) is 0 Å². The normalized spacial score (nSPS) is 20.9. The molecule has 1 aliphatic heterocycles. The van der Waals surface area contributed by atoms with Crippen LogP contribution < -0.4 is 0 Å². The smallest absolute Gasteiger partial charge is 0.194 e. The summed E-state index contributed by atoms with van der Waals surface area (Å²) in [5.74, 6) is 0.0634. The van der Waals surface area contributed by atoms with E-state index in [9.17, 15) is 9.18 Å². The summed E-state index contributed by atoms with van der Waals surface area (Å²) in [6.07, 6.45) is 2.23. The van der Waals surface area contributed by atoms with Crippen LogP contribution in [0.5, 0.6) is 0 Å². The Balaban J connectivity index is 1.95. The lowest BCUT2D eigenvalue weighted by atomic mass is 9.77. The molecule has 0 bridgehead atoms. The van der Waals surface area contributed by atoms with Crippen LogP contribution >= 0.6 is 11.6 Å². The van der Waals surface area contributed by atoms with Crippen molar-refractivity contribution in [3.05, 3.63) is 63.9 Å². The summed E-state index contributed by atoms with van der Waals surface area (Å²) in [5, 5.41) is 0.364. The van der Waals surface area contributed by atoms with Crippen LogP contribution in [0.3, 0.4) is 0 Å². The molecule has 2 aliphatic rings. The zero-order chi connectivity index (χ0) is 21.1. The molecular weight excluding hydrogens is 387 g/mol. The number of rotatable bonds is 3. The third-order valence-corrected chi connectivity index (χ3v) is 6.38. The molecule has 0 saturated heterocycles. The summed E-state index contributed by atoms with van der Waals surface area (Å²) >= 11 is 5.93. The highest BCUT2D eigenvalue weighted by Gasteiger charge is 2.45. The van der Waals surface area contributed by atoms with E-state index in [4.69, 9.17) is 16.3 Å². The van der Waals surface area contributed by atoms with Crippen molar-refractivity contribution in [3.63, 3.8) is 0 Å². The van der Waals surface area contributed by atoms with Crippen LogP contribution in [-0.4, -0.2) is 17.0 Å². The maximum atomic E-state index is 14.6. The van der Waals surface area contributed by atoms with Gasteiger partial charge >= 0.3 is 0 Å². The SMILES string of the molecule is CC1=C(c2cc(-c3ccc(Cl)cc3F)ccc2C2CC2)C(=O)C(C)(C)OC1(C)C. The van der Waals surface area contributed by atoms with Crippen LogP contribution in [-0.2, 0) is 9.53 Å². The third-order valence-electron chi connectivity index (χ3n) is 6.14. The highest BCUT2D eigenvalue weighted by atomic mass is 35.5. The average molecular weight is 413 g/mol. The Bertz CT molecular complexity index is 1040. The van der Waals surface area contributed by atoms with Gasteiger partial charge in [-0.15, -0.1) is 0 Å². The Kier molecular flexibility index (Phi) is 4.75. The van der Waals surface area contributed by atoms with E-state index in [0.29, 0.717) is 22.1 Å². The molecule has 0 unspecified atom stereocenters. The molecular formula is C25H26ClFO2. The molecule has 2 aromatic carbocycles. The molecule has 1 heterocycles. The van der Waals surface area contributed by atoms with E-state index in [1.54, 1.807) is 12.1 Å². The highest BCUT2D eigenvalue weighted by molar-refractivity contribution is 6.30. The Morgan fingerprint density at radius 3 is 2.31 bits per heavy atom. The Morgan fingerprint density at radius 2 is 1.69 bits per heavy atom. The van der Waals surface area contributed by atoms with Gasteiger partial charge in [-0.2, -0.15) is 0 Å². The van der Waals surface area contributed by atoms with Crippen LogP contribution in [0.4, 0.5) is 4.39 Å². The molecule has 0 spiro atoms. The van der Waals surface area contributed by atoms with Crippen molar-refractivity contribution in [1.29, 1.82) is 0 Å². The molecule has 0 N–H and O–H groups in total. The molecule has 1 fully saturated rings. The molecule has 29 heavy (non-hydrogen) atoms. The van der Waals surface area contributed by atoms with Crippen molar-refractivity contribution in [2.75, 3.05) is 0 Å². The number of carbonyl (C=O) groups is 1. The van der Waals surface area contributed by atoms with Crippen LogP contribution in [0.1, 0.15) is 64.5 Å². The highest BCUT2D eigenvalue weighted by Crippen LogP contribution is 2.48. The summed E-state index contributed by atoms with van der Waals surface area (Å²) in [7, 11) is 0. The second-order valence-electron chi connectivity index (χ2n) is 9.15. The predicted molar refractivity (Wildman–Crippen MR) is 116 cm³/mol. The van der Waals surface area contributed by atoms with Gasteiger partial charge in [0.2, 0.25) is 0 Å². The minimum atomic E-state index is -0.916. The van der Waals surface area contributed by atoms with Gasteiger partial charge in [0.15, 0.2) is 5.78 Å². The quantitative estimate of drug-likeness (QED) is 0.545.